The van der Waals surface area contributed by atoms with Crippen LogP contribution >= 0.6 is 0 Å². The lowest BCUT2D eigenvalue weighted by atomic mass is 9.89. The number of rotatable bonds is 4. The Labute approximate surface area is 109 Å². The second-order valence-electron chi connectivity index (χ2n) is 5.01. The highest BCUT2D eigenvalue weighted by Gasteiger charge is 2.41. The largest absolute Gasteiger partial charge is 0.378 e. The number of carbonyl (C=O) groups excluding carboxylic acids is 2. The lowest BCUT2D eigenvalue weighted by molar-refractivity contribution is -0.156. The van der Waals surface area contributed by atoms with E-state index in [1.54, 1.807) is 23.6 Å². The van der Waals surface area contributed by atoms with Crippen molar-refractivity contribution in [3.05, 3.63) is 0 Å². The lowest BCUT2D eigenvalue weighted by Gasteiger charge is -2.35. The van der Waals surface area contributed by atoms with E-state index in [2.05, 4.69) is 0 Å². The first kappa shape index (κ1) is 15.0. The number of nitrogens with zero attached hydrogens (tertiary/aromatic N) is 2. The van der Waals surface area contributed by atoms with Gasteiger partial charge in [0.1, 0.15) is 5.41 Å². The van der Waals surface area contributed by atoms with E-state index in [0.717, 1.165) is 0 Å². The molecule has 1 saturated heterocycles. The minimum atomic E-state index is -0.983. The van der Waals surface area contributed by atoms with Crippen molar-refractivity contribution >= 4 is 11.8 Å². The highest BCUT2D eigenvalue weighted by atomic mass is 16.5. The molecule has 0 aromatic rings. The van der Waals surface area contributed by atoms with Crippen molar-refractivity contribution in [2.75, 3.05) is 39.4 Å². The molecule has 18 heavy (non-hydrogen) atoms. The highest BCUT2D eigenvalue weighted by Crippen LogP contribution is 2.23. The maximum absolute atomic E-state index is 12.4. The Bertz CT molecular complexity index is 305. The fourth-order valence-electron chi connectivity index (χ4n) is 2.16. The van der Waals surface area contributed by atoms with Crippen LogP contribution in [-0.2, 0) is 14.3 Å². The van der Waals surface area contributed by atoms with Crippen LogP contribution in [0, 0.1) is 5.41 Å². The minimum absolute atomic E-state index is 0.0935. The molecule has 1 heterocycles. The molecule has 1 rings (SSSR count). The Kier molecular flexibility index (Phi) is 5.14. The summed E-state index contributed by atoms with van der Waals surface area (Å²) >= 11 is 0. The first-order valence-corrected chi connectivity index (χ1v) is 6.61. The number of hydrogen-bond donors (Lipinski definition) is 0. The van der Waals surface area contributed by atoms with E-state index in [1.165, 1.54) is 0 Å². The topological polar surface area (TPSA) is 49.9 Å². The van der Waals surface area contributed by atoms with Gasteiger partial charge in [0.05, 0.1) is 13.2 Å². The lowest BCUT2D eigenvalue weighted by Crippen LogP contribution is -2.53. The van der Waals surface area contributed by atoms with Crippen molar-refractivity contribution in [2.45, 2.75) is 27.7 Å². The Balaban J connectivity index is 2.77. The summed E-state index contributed by atoms with van der Waals surface area (Å²) in [6, 6.07) is 0. The molecule has 5 nitrogen and oxygen atoms in total. The zero-order valence-corrected chi connectivity index (χ0v) is 11.9. The Morgan fingerprint density at radius 3 is 2.11 bits per heavy atom. The second-order valence-corrected chi connectivity index (χ2v) is 5.01. The van der Waals surface area contributed by atoms with Gasteiger partial charge in [-0.15, -0.1) is 0 Å². The van der Waals surface area contributed by atoms with Crippen LogP contribution < -0.4 is 0 Å². The van der Waals surface area contributed by atoms with E-state index in [0.29, 0.717) is 39.4 Å². The number of ether oxygens (including phenoxy) is 1. The van der Waals surface area contributed by atoms with Gasteiger partial charge in [-0.3, -0.25) is 9.59 Å². The molecule has 2 amide bonds. The predicted octanol–water partition coefficient (Wildman–Crippen LogP) is 0.740. The van der Waals surface area contributed by atoms with Gasteiger partial charge in [-0.2, -0.15) is 0 Å². The standard InChI is InChI=1S/C13H24N2O3/c1-5-14(6-2)11(16)13(3,4)12(17)15-7-9-18-10-8-15/h5-10H2,1-4H3. The van der Waals surface area contributed by atoms with Gasteiger partial charge in [0.15, 0.2) is 0 Å². The molecule has 1 aliphatic rings. The van der Waals surface area contributed by atoms with Crippen molar-refractivity contribution in [3.8, 4) is 0 Å². The van der Waals surface area contributed by atoms with Gasteiger partial charge in [-0.1, -0.05) is 0 Å². The van der Waals surface area contributed by atoms with Gasteiger partial charge in [0, 0.05) is 26.2 Å². The summed E-state index contributed by atoms with van der Waals surface area (Å²) < 4.78 is 5.22. The zero-order valence-electron chi connectivity index (χ0n) is 11.9. The molecular weight excluding hydrogens is 232 g/mol. The summed E-state index contributed by atoms with van der Waals surface area (Å²) in [5.74, 6) is -0.188. The fourth-order valence-corrected chi connectivity index (χ4v) is 2.16. The first-order valence-electron chi connectivity index (χ1n) is 6.61. The molecule has 0 bridgehead atoms. The van der Waals surface area contributed by atoms with Crippen LogP contribution in [0.3, 0.4) is 0 Å². The van der Waals surface area contributed by atoms with Gasteiger partial charge in [0.25, 0.3) is 0 Å². The molecule has 0 spiro atoms. The smallest absolute Gasteiger partial charge is 0.237 e. The van der Waals surface area contributed by atoms with Crippen molar-refractivity contribution in [1.29, 1.82) is 0 Å². The maximum atomic E-state index is 12.4. The molecule has 0 aromatic heterocycles. The van der Waals surface area contributed by atoms with Gasteiger partial charge in [0.2, 0.25) is 11.8 Å². The third kappa shape index (κ3) is 3.02. The highest BCUT2D eigenvalue weighted by molar-refractivity contribution is 6.04. The van der Waals surface area contributed by atoms with E-state index in [4.69, 9.17) is 4.74 Å². The molecular formula is C13H24N2O3. The summed E-state index contributed by atoms with van der Waals surface area (Å²) in [4.78, 5) is 28.2. The number of carbonyl (C=O) groups is 2. The van der Waals surface area contributed by atoms with Crippen LogP contribution in [0.15, 0.2) is 0 Å². The number of hydrogen-bond acceptors (Lipinski definition) is 3. The first-order chi connectivity index (χ1) is 8.45. The van der Waals surface area contributed by atoms with Gasteiger partial charge >= 0.3 is 0 Å². The molecule has 1 fully saturated rings. The normalized spacial score (nSPS) is 16.6. The van der Waals surface area contributed by atoms with Crippen molar-refractivity contribution in [2.24, 2.45) is 5.41 Å². The van der Waals surface area contributed by atoms with Gasteiger partial charge < -0.3 is 14.5 Å². The fraction of sp³-hybridized carbons (Fsp3) is 0.846. The van der Waals surface area contributed by atoms with Crippen LogP contribution in [0.2, 0.25) is 0 Å². The molecule has 1 aliphatic heterocycles. The van der Waals surface area contributed by atoms with E-state index in [9.17, 15) is 9.59 Å². The molecule has 0 aliphatic carbocycles. The molecule has 0 radical (unpaired) electrons. The summed E-state index contributed by atoms with van der Waals surface area (Å²) in [5, 5.41) is 0. The SMILES string of the molecule is CCN(CC)C(=O)C(C)(C)C(=O)N1CCOCC1. The predicted molar refractivity (Wildman–Crippen MR) is 69.1 cm³/mol. The molecule has 0 unspecified atom stereocenters. The third-order valence-electron chi connectivity index (χ3n) is 3.42. The molecule has 0 N–H and O–H groups in total. The van der Waals surface area contributed by atoms with Crippen molar-refractivity contribution in [3.63, 3.8) is 0 Å². The van der Waals surface area contributed by atoms with E-state index in [1.807, 2.05) is 13.8 Å². The molecule has 104 valence electrons. The monoisotopic (exact) mass is 256 g/mol. The van der Waals surface area contributed by atoms with E-state index in [-0.39, 0.29) is 11.8 Å². The van der Waals surface area contributed by atoms with Crippen molar-refractivity contribution < 1.29 is 14.3 Å². The van der Waals surface area contributed by atoms with Crippen molar-refractivity contribution in [1.82, 2.24) is 9.80 Å². The molecule has 5 heteroatoms. The van der Waals surface area contributed by atoms with Crippen LogP contribution in [0.1, 0.15) is 27.7 Å². The molecule has 0 saturated carbocycles. The van der Waals surface area contributed by atoms with Crippen LogP contribution in [-0.4, -0.2) is 61.0 Å². The second kappa shape index (κ2) is 6.18. The molecule has 0 aromatic carbocycles. The Morgan fingerprint density at radius 2 is 1.67 bits per heavy atom. The van der Waals surface area contributed by atoms with Crippen LogP contribution in [0.25, 0.3) is 0 Å². The third-order valence-corrected chi connectivity index (χ3v) is 3.42. The average Bonchev–Trinajstić information content (AvgIpc) is 2.40. The summed E-state index contributed by atoms with van der Waals surface area (Å²) in [7, 11) is 0. The van der Waals surface area contributed by atoms with Gasteiger partial charge in [-0.25, -0.2) is 0 Å². The summed E-state index contributed by atoms with van der Waals surface area (Å²) in [6.07, 6.45) is 0. The molecule has 0 atom stereocenters. The number of morpholine rings is 1. The van der Waals surface area contributed by atoms with Crippen LogP contribution in [0.5, 0.6) is 0 Å². The van der Waals surface area contributed by atoms with E-state index < -0.39 is 5.41 Å². The quantitative estimate of drug-likeness (QED) is 0.697. The van der Waals surface area contributed by atoms with E-state index >= 15 is 0 Å². The van der Waals surface area contributed by atoms with Gasteiger partial charge in [-0.05, 0) is 27.7 Å². The summed E-state index contributed by atoms with van der Waals surface area (Å²) in [6.45, 7) is 10.8. The number of amides is 2. The summed E-state index contributed by atoms with van der Waals surface area (Å²) in [5.41, 5.74) is -0.983. The maximum Gasteiger partial charge on any atom is 0.237 e. The van der Waals surface area contributed by atoms with Crippen LogP contribution in [0.4, 0.5) is 0 Å². The minimum Gasteiger partial charge on any atom is -0.378 e. The average molecular weight is 256 g/mol. The Hall–Kier alpha value is -1.10. The Morgan fingerprint density at radius 1 is 1.17 bits per heavy atom. The zero-order chi connectivity index (χ0) is 13.8.